The van der Waals surface area contributed by atoms with Crippen LogP contribution in [-0.4, -0.2) is 49.7 Å². The largest absolute Gasteiger partial charge is 0.378 e. The molecule has 1 aromatic heterocycles. The maximum absolute atomic E-state index is 13.1. The molecule has 0 spiro atoms. The molecule has 2 aliphatic heterocycles. The number of hydrogen-bond acceptors (Lipinski definition) is 4. The maximum atomic E-state index is 13.1. The van der Waals surface area contributed by atoms with Crippen molar-refractivity contribution in [3.63, 3.8) is 0 Å². The van der Waals surface area contributed by atoms with E-state index in [0.717, 1.165) is 17.8 Å². The molecule has 1 atom stereocenters. The van der Waals surface area contributed by atoms with Crippen LogP contribution in [0.25, 0.3) is 10.1 Å². The van der Waals surface area contributed by atoms with Crippen LogP contribution >= 0.6 is 11.3 Å². The Bertz CT molecular complexity index is 715. The number of fused-ring (bicyclic) bond motifs is 1. The smallest absolute Gasteiger partial charge is 0.264 e. The summed E-state index contributed by atoms with van der Waals surface area (Å²) in [5.41, 5.74) is 1.24. The molecular formula is C19H24N2O2S. The molecule has 0 aliphatic carbocycles. The summed E-state index contributed by atoms with van der Waals surface area (Å²) >= 11 is 1.65. The molecule has 5 heteroatoms. The summed E-state index contributed by atoms with van der Waals surface area (Å²) in [6.07, 6.45) is 4.71. The van der Waals surface area contributed by atoms with Gasteiger partial charge < -0.3 is 15.0 Å². The Labute approximate surface area is 146 Å². The van der Waals surface area contributed by atoms with E-state index >= 15 is 0 Å². The molecule has 1 aromatic carbocycles. The van der Waals surface area contributed by atoms with Gasteiger partial charge >= 0.3 is 0 Å². The van der Waals surface area contributed by atoms with Gasteiger partial charge in [-0.3, -0.25) is 4.79 Å². The second-order valence-corrected chi connectivity index (χ2v) is 7.71. The van der Waals surface area contributed by atoms with Gasteiger partial charge in [-0.05, 0) is 42.8 Å². The summed E-state index contributed by atoms with van der Waals surface area (Å²) in [5.74, 6) is 0.185. The lowest BCUT2D eigenvalue weighted by Crippen LogP contribution is -2.41. The zero-order valence-corrected chi connectivity index (χ0v) is 14.7. The van der Waals surface area contributed by atoms with Crippen molar-refractivity contribution >= 4 is 27.3 Å². The molecule has 128 valence electrons. The Balaban J connectivity index is 1.67. The summed E-state index contributed by atoms with van der Waals surface area (Å²) < 4.78 is 6.62. The van der Waals surface area contributed by atoms with E-state index in [4.69, 9.17) is 4.74 Å². The van der Waals surface area contributed by atoms with Crippen molar-refractivity contribution in [2.45, 2.75) is 31.7 Å². The molecule has 1 amide bonds. The summed E-state index contributed by atoms with van der Waals surface area (Å²) in [6, 6.07) is 8.93. The number of piperidine rings is 1. The Morgan fingerprint density at radius 1 is 1.25 bits per heavy atom. The van der Waals surface area contributed by atoms with Gasteiger partial charge in [0.25, 0.3) is 5.91 Å². The lowest BCUT2D eigenvalue weighted by Gasteiger charge is -2.27. The van der Waals surface area contributed by atoms with Gasteiger partial charge in [0.2, 0.25) is 0 Å². The topological polar surface area (TPSA) is 41.6 Å². The van der Waals surface area contributed by atoms with Gasteiger partial charge in [-0.15, -0.1) is 11.3 Å². The van der Waals surface area contributed by atoms with E-state index in [1.807, 2.05) is 4.90 Å². The SMILES string of the molecule is O=C(c1sc2ccccc2c1C[C@H]1CCCCN1)N1CCOCC1. The number of carbonyl (C=O) groups is 1. The highest BCUT2D eigenvalue weighted by Gasteiger charge is 2.26. The Hall–Kier alpha value is -1.43. The molecule has 2 fully saturated rings. The molecule has 2 saturated heterocycles. The fraction of sp³-hybridized carbons (Fsp3) is 0.526. The minimum absolute atomic E-state index is 0.185. The van der Waals surface area contributed by atoms with Crippen LogP contribution in [0.4, 0.5) is 0 Å². The van der Waals surface area contributed by atoms with E-state index < -0.39 is 0 Å². The van der Waals surface area contributed by atoms with Gasteiger partial charge in [-0.25, -0.2) is 0 Å². The molecular weight excluding hydrogens is 320 g/mol. The van der Waals surface area contributed by atoms with Gasteiger partial charge in [-0.2, -0.15) is 0 Å². The average molecular weight is 344 g/mol. The fourth-order valence-electron chi connectivity index (χ4n) is 3.73. The van der Waals surface area contributed by atoms with Crippen molar-refractivity contribution < 1.29 is 9.53 Å². The molecule has 2 aromatic rings. The van der Waals surface area contributed by atoms with Gasteiger partial charge in [0.1, 0.15) is 0 Å². The molecule has 4 nitrogen and oxygen atoms in total. The van der Waals surface area contributed by atoms with Gasteiger partial charge in [-0.1, -0.05) is 24.6 Å². The first-order valence-corrected chi connectivity index (χ1v) is 9.75. The van der Waals surface area contributed by atoms with Crippen LogP contribution in [0.15, 0.2) is 24.3 Å². The molecule has 1 N–H and O–H groups in total. The third-order valence-electron chi connectivity index (χ3n) is 5.05. The van der Waals surface area contributed by atoms with Crippen LogP contribution < -0.4 is 5.32 Å². The van der Waals surface area contributed by atoms with Gasteiger partial charge in [0, 0.05) is 23.8 Å². The molecule has 0 saturated carbocycles. The molecule has 0 unspecified atom stereocenters. The van der Waals surface area contributed by atoms with Gasteiger partial charge in [0.05, 0.1) is 18.1 Å². The fourth-order valence-corrected chi connectivity index (χ4v) is 4.93. The van der Waals surface area contributed by atoms with Crippen molar-refractivity contribution in [3.8, 4) is 0 Å². The summed E-state index contributed by atoms with van der Waals surface area (Å²) in [7, 11) is 0. The highest BCUT2D eigenvalue weighted by Crippen LogP contribution is 2.34. The number of benzene rings is 1. The van der Waals surface area contributed by atoms with Crippen LogP contribution in [-0.2, 0) is 11.2 Å². The van der Waals surface area contributed by atoms with Gasteiger partial charge in [0.15, 0.2) is 0 Å². The molecule has 0 radical (unpaired) electrons. The Morgan fingerprint density at radius 2 is 2.08 bits per heavy atom. The summed E-state index contributed by atoms with van der Waals surface area (Å²) in [4.78, 5) is 16.0. The first kappa shape index (κ1) is 16.1. The number of nitrogens with one attached hydrogen (secondary N) is 1. The minimum Gasteiger partial charge on any atom is -0.378 e. The third kappa shape index (κ3) is 3.21. The standard InChI is InChI=1S/C19H24N2O2S/c22-19(21-9-11-23-12-10-21)18-16(13-14-5-3-4-8-20-14)15-6-1-2-7-17(15)24-18/h1-2,6-7,14,20H,3-5,8-13H2/t14-/m1/s1. The van der Waals surface area contributed by atoms with Crippen LogP contribution in [0, 0.1) is 0 Å². The number of amides is 1. The van der Waals surface area contributed by atoms with Crippen molar-refractivity contribution in [1.29, 1.82) is 0 Å². The molecule has 2 aliphatic rings. The van der Waals surface area contributed by atoms with E-state index in [-0.39, 0.29) is 5.91 Å². The number of carbonyl (C=O) groups excluding carboxylic acids is 1. The highest BCUT2D eigenvalue weighted by atomic mass is 32.1. The normalized spacial score (nSPS) is 22.0. The zero-order valence-electron chi connectivity index (χ0n) is 13.9. The summed E-state index contributed by atoms with van der Waals surface area (Å²) in [6.45, 7) is 3.80. The second-order valence-electron chi connectivity index (χ2n) is 6.66. The summed E-state index contributed by atoms with van der Waals surface area (Å²) in [5, 5.41) is 4.88. The van der Waals surface area contributed by atoms with Crippen molar-refractivity contribution in [2.75, 3.05) is 32.8 Å². The third-order valence-corrected chi connectivity index (χ3v) is 6.25. The van der Waals surface area contributed by atoms with E-state index in [1.165, 1.54) is 34.9 Å². The average Bonchev–Trinajstić information content (AvgIpc) is 3.01. The number of rotatable bonds is 3. The predicted octanol–water partition coefficient (Wildman–Crippen LogP) is 3.06. The number of thiophene rings is 1. The quantitative estimate of drug-likeness (QED) is 0.930. The van der Waals surface area contributed by atoms with Crippen LogP contribution in [0.5, 0.6) is 0 Å². The van der Waals surface area contributed by atoms with Crippen LogP contribution in [0.2, 0.25) is 0 Å². The van der Waals surface area contributed by atoms with E-state index in [1.54, 1.807) is 11.3 Å². The first-order chi connectivity index (χ1) is 11.8. The predicted molar refractivity (Wildman–Crippen MR) is 97.9 cm³/mol. The van der Waals surface area contributed by atoms with E-state index in [2.05, 4.69) is 29.6 Å². The van der Waals surface area contributed by atoms with Crippen molar-refractivity contribution in [2.24, 2.45) is 0 Å². The number of morpholine rings is 1. The molecule has 24 heavy (non-hydrogen) atoms. The van der Waals surface area contributed by atoms with Crippen LogP contribution in [0.3, 0.4) is 0 Å². The lowest BCUT2D eigenvalue weighted by molar-refractivity contribution is 0.0305. The number of ether oxygens (including phenoxy) is 1. The number of nitrogens with zero attached hydrogens (tertiary/aromatic N) is 1. The van der Waals surface area contributed by atoms with E-state index in [0.29, 0.717) is 32.3 Å². The maximum Gasteiger partial charge on any atom is 0.264 e. The Morgan fingerprint density at radius 3 is 2.88 bits per heavy atom. The first-order valence-electron chi connectivity index (χ1n) is 8.94. The van der Waals surface area contributed by atoms with Crippen molar-refractivity contribution in [1.82, 2.24) is 10.2 Å². The molecule has 0 bridgehead atoms. The second kappa shape index (κ2) is 7.21. The van der Waals surface area contributed by atoms with Crippen molar-refractivity contribution in [3.05, 3.63) is 34.7 Å². The number of hydrogen-bond donors (Lipinski definition) is 1. The Kier molecular flexibility index (Phi) is 4.83. The van der Waals surface area contributed by atoms with Crippen LogP contribution in [0.1, 0.15) is 34.5 Å². The zero-order chi connectivity index (χ0) is 16.4. The lowest BCUT2D eigenvalue weighted by atomic mass is 9.96. The molecule has 3 heterocycles. The monoisotopic (exact) mass is 344 g/mol. The van der Waals surface area contributed by atoms with E-state index in [9.17, 15) is 4.79 Å². The highest BCUT2D eigenvalue weighted by molar-refractivity contribution is 7.21. The molecule has 4 rings (SSSR count). The minimum atomic E-state index is 0.185.